The number of amides is 1. The van der Waals surface area contributed by atoms with Crippen LogP contribution in [0.15, 0.2) is 0 Å². The Hall–Kier alpha value is -1.10. The first-order chi connectivity index (χ1) is 6.34. The average Bonchev–Trinajstić information content (AvgIpc) is 2.01. The van der Waals surface area contributed by atoms with E-state index in [1.165, 1.54) is 6.92 Å². The van der Waals surface area contributed by atoms with E-state index in [1.54, 1.807) is 0 Å². The van der Waals surface area contributed by atoms with Crippen molar-refractivity contribution in [3.8, 4) is 0 Å². The third-order valence-corrected chi connectivity index (χ3v) is 1.74. The predicted octanol–water partition coefficient (Wildman–Crippen LogP) is -0.0509. The van der Waals surface area contributed by atoms with Crippen LogP contribution in [0.4, 0.5) is 0 Å². The lowest BCUT2D eigenvalue weighted by molar-refractivity contribution is -0.142. The summed E-state index contributed by atoms with van der Waals surface area (Å²) in [5.41, 5.74) is 5.31. The van der Waals surface area contributed by atoms with E-state index in [9.17, 15) is 9.59 Å². The molecule has 0 bridgehead atoms. The fraction of sp³-hybridized carbons (Fsp3) is 0.778. The summed E-state index contributed by atoms with van der Waals surface area (Å²) in [5, 5.41) is 11.2. The van der Waals surface area contributed by atoms with Crippen molar-refractivity contribution in [1.29, 1.82) is 0 Å². The molecule has 0 aromatic heterocycles. The van der Waals surface area contributed by atoms with Crippen molar-refractivity contribution in [2.45, 2.75) is 39.3 Å². The molecule has 0 aliphatic rings. The first-order valence-electron chi connectivity index (χ1n) is 4.63. The maximum absolute atomic E-state index is 11.1. The summed E-state index contributed by atoms with van der Waals surface area (Å²) in [6, 6.07) is -1.52. The van der Waals surface area contributed by atoms with Gasteiger partial charge >= 0.3 is 5.97 Å². The average molecular weight is 202 g/mol. The lowest BCUT2D eigenvalue weighted by atomic mass is 10.0. The molecule has 0 saturated carbocycles. The molecule has 5 heteroatoms. The second-order valence-corrected chi connectivity index (χ2v) is 3.82. The summed E-state index contributed by atoms with van der Waals surface area (Å²) >= 11 is 0. The summed E-state index contributed by atoms with van der Waals surface area (Å²) in [4.78, 5) is 21.9. The van der Waals surface area contributed by atoms with Gasteiger partial charge in [0.2, 0.25) is 5.91 Å². The van der Waals surface area contributed by atoms with E-state index in [0.29, 0.717) is 6.42 Å². The van der Waals surface area contributed by atoms with Gasteiger partial charge in [0, 0.05) is 0 Å². The van der Waals surface area contributed by atoms with Gasteiger partial charge in [-0.1, -0.05) is 13.8 Å². The van der Waals surface area contributed by atoms with E-state index in [1.807, 2.05) is 13.8 Å². The minimum absolute atomic E-state index is 0.212. The number of carboxylic acid groups (broad SMARTS) is 1. The normalized spacial score (nSPS) is 14.9. The number of hydrogen-bond donors (Lipinski definition) is 3. The van der Waals surface area contributed by atoms with Gasteiger partial charge < -0.3 is 16.2 Å². The van der Waals surface area contributed by atoms with Crippen LogP contribution in [0.2, 0.25) is 0 Å². The molecule has 0 rings (SSSR count). The van der Waals surface area contributed by atoms with Gasteiger partial charge in [0.05, 0.1) is 6.04 Å². The number of hydrogen-bond acceptors (Lipinski definition) is 3. The maximum Gasteiger partial charge on any atom is 0.326 e. The number of rotatable bonds is 5. The number of carboxylic acids is 1. The van der Waals surface area contributed by atoms with Gasteiger partial charge in [-0.3, -0.25) is 4.79 Å². The van der Waals surface area contributed by atoms with Gasteiger partial charge in [-0.2, -0.15) is 0 Å². The van der Waals surface area contributed by atoms with E-state index < -0.39 is 24.0 Å². The summed E-state index contributed by atoms with van der Waals surface area (Å²) in [7, 11) is 0. The van der Waals surface area contributed by atoms with E-state index in [0.717, 1.165) is 0 Å². The molecule has 0 heterocycles. The minimum atomic E-state index is -1.02. The van der Waals surface area contributed by atoms with Crippen molar-refractivity contribution in [2.24, 2.45) is 11.7 Å². The number of nitrogens with one attached hydrogen (secondary N) is 1. The van der Waals surface area contributed by atoms with Crippen molar-refractivity contribution in [3.05, 3.63) is 0 Å². The molecule has 0 spiro atoms. The van der Waals surface area contributed by atoms with Crippen LogP contribution in [0.1, 0.15) is 27.2 Å². The lowest BCUT2D eigenvalue weighted by Crippen LogP contribution is -2.47. The maximum atomic E-state index is 11.1. The molecule has 4 N–H and O–H groups in total. The summed E-state index contributed by atoms with van der Waals surface area (Å²) < 4.78 is 0. The largest absolute Gasteiger partial charge is 0.480 e. The van der Waals surface area contributed by atoms with Crippen LogP contribution in [-0.2, 0) is 9.59 Å². The number of carbonyl (C=O) groups excluding carboxylic acids is 1. The Morgan fingerprint density at radius 3 is 2.14 bits per heavy atom. The topological polar surface area (TPSA) is 92.4 Å². The Bertz CT molecular complexity index is 214. The van der Waals surface area contributed by atoms with Crippen molar-refractivity contribution < 1.29 is 14.7 Å². The second kappa shape index (κ2) is 5.59. The Balaban J connectivity index is 4.23. The predicted molar refractivity (Wildman–Crippen MR) is 52.7 cm³/mol. The van der Waals surface area contributed by atoms with Crippen LogP contribution in [0.3, 0.4) is 0 Å². The third-order valence-electron chi connectivity index (χ3n) is 1.74. The molecule has 2 atom stereocenters. The fourth-order valence-electron chi connectivity index (χ4n) is 0.996. The first-order valence-corrected chi connectivity index (χ1v) is 4.63. The third kappa shape index (κ3) is 4.81. The van der Waals surface area contributed by atoms with E-state index in [-0.39, 0.29) is 5.92 Å². The van der Waals surface area contributed by atoms with E-state index in [4.69, 9.17) is 10.8 Å². The van der Waals surface area contributed by atoms with E-state index in [2.05, 4.69) is 5.32 Å². The Morgan fingerprint density at radius 1 is 1.36 bits per heavy atom. The van der Waals surface area contributed by atoms with Crippen molar-refractivity contribution >= 4 is 11.9 Å². The molecule has 5 nitrogen and oxygen atoms in total. The Kier molecular flexibility index (Phi) is 5.15. The van der Waals surface area contributed by atoms with Gasteiger partial charge in [0.15, 0.2) is 0 Å². The number of aliphatic carboxylic acids is 1. The molecule has 14 heavy (non-hydrogen) atoms. The highest BCUT2D eigenvalue weighted by Crippen LogP contribution is 2.04. The second-order valence-electron chi connectivity index (χ2n) is 3.82. The molecule has 0 unspecified atom stereocenters. The number of nitrogens with two attached hydrogens (primary N) is 1. The zero-order chi connectivity index (χ0) is 11.3. The molecule has 0 aliphatic heterocycles. The highest BCUT2D eigenvalue weighted by Gasteiger charge is 2.22. The van der Waals surface area contributed by atoms with Gasteiger partial charge in [-0.15, -0.1) is 0 Å². The van der Waals surface area contributed by atoms with Crippen LogP contribution in [0, 0.1) is 5.92 Å². The fourth-order valence-corrected chi connectivity index (χ4v) is 0.996. The van der Waals surface area contributed by atoms with Crippen molar-refractivity contribution in [1.82, 2.24) is 5.32 Å². The Labute approximate surface area is 83.7 Å². The minimum Gasteiger partial charge on any atom is -0.480 e. The molecule has 0 saturated heterocycles. The van der Waals surface area contributed by atoms with Gasteiger partial charge in [0.25, 0.3) is 0 Å². The SMILES string of the molecule is CC(C)C[C@H](NC(=O)[C@@H](C)N)C(=O)O. The molecular weight excluding hydrogens is 184 g/mol. The zero-order valence-electron chi connectivity index (χ0n) is 8.78. The van der Waals surface area contributed by atoms with Crippen molar-refractivity contribution in [2.75, 3.05) is 0 Å². The van der Waals surface area contributed by atoms with Crippen LogP contribution >= 0.6 is 0 Å². The quantitative estimate of drug-likeness (QED) is 0.582. The van der Waals surface area contributed by atoms with Crippen LogP contribution in [0.25, 0.3) is 0 Å². The standard InChI is InChI=1S/C9H18N2O3/c1-5(2)4-7(9(13)14)11-8(12)6(3)10/h5-7H,4,10H2,1-3H3,(H,11,12)(H,13,14)/t6-,7+/m1/s1. The molecule has 0 aromatic rings. The first kappa shape index (κ1) is 12.9. The monoisotopic (exact) mass is 202 g/mol. The van der Waals surface area contributed by atoms with Crippen LogP contribution < -0.4 is 11.1 Å². The zero-order valence-corrected chi connectivity index (χ0v) is 8.78. The van der Waals surface area contributed by atoms with Crippen LogP contribution in [0.5, 0.6) is 0 Å². The summed E-state index contributed by atoms with van der Waals surface area (Å²) in [6.07, 6.45) is 0.411. The molecular formula is C9H18N2O3. The number of carbonyl (C=O) groups is 2. The van der Waals surface area contributed by atoms with Crippen molar-refractivity contribution in [3.63, 3.8) is 0 Å². The highest BCUT2D eigenvalue weighted by atomic mass is 16.4. The molecule has 1 amide bonds. The molecule has 0 aliphatic carbocycles. The van der Waals surface area contributed by atoms with Gasteiger partial charge in [-0.25, -0.2) is 4.79 Å². The summed E-state index contributed by atoms with van der Waals surface area (Å²) in [5.74, 6) is -1.24. The Morgan fingerprint density at radius 2 is 1.86 bits per heavy atom. The highest BCUT2D eigenvalue weighted by molar-refractivity contribution is 5.86. The lowest BCUT2D eigenvalue weighted by Gasteiger charge is -2.17. The van der Waals surface area contributed by atoms with Gasteiger partial charge in [-0.05, 0) is 19.3 Å². The van der Waals surface area contributed by atoms with Crippen LogP contribution in [-0.4, -0.2) is 29.1 Å². The smallest absolute Gasteiger partial charge is 0.326 e. The summed E-state index contributed by atoms with van der Waals surface area (Å²) in [6.45, 7) is 5.31. The molecule has 82 valence electrons. The van der Waals surface area contributed by atoms with Gasteiger partial charge in [0.1, 0.15) is 6.04 Å². The molecule has 0 radical (unpaired) electrons. The van der Waals surface area contributed by atoms with E-state index >= 15 is 0 Å². The molecule has 0 fully saturated rings. The molecule has 0 aromatic carbocycles.